The van der Waals surface area contributed by atoms with E-state index in [9.17, 15) is 0 Å². The molecule has 0 aromatic carbocycles. The highest BCUT2D eigenvalue weighted by Crippen LogP contribution is 2.12. The summed E-state index contributed by atoms with van der Waals surface area (Å²) in [6, 6.07) is 1.08. The number of hydrogen-bond donors (Lipinski definition) is 1. The average Bonchev–Trinajstić information content (AvgIpc) is 2.22. The monoisotopic (exact) mass is 230 g/mol. The van der Waals surface area contributed by atoms with Gasteiger partial charge in [0.1, 0.15) is 0 Å². The largest absolute Gasteiger partial charge is 0.383 e. The maximum atomic E-state index is 5.30. The van der Waals surface area contributed by atoms with E-state index in [0.717, 1.165) is 25.6 Å². The molecule has 0 aliphatic carbocycles. The third-order valence-corrected chi connectivity index (χ3v) is 3.07. The Bertz CT molecular complexity index is 162. The van der Waals surface area contributed by atoms with Crippen LogP contribution in [0.2, 0.25) is 0 Å². The van der Waals surface area contributed by atoms with E-state index in [4.69, 9.17) is 4.74 Å². The molecular formula is C13H30N2O. The molecular weight excluding hydrogens is 200 g/mol. The van der Waals surface area contributed by atoms with Gasteiger partial charge in [-0.2, -0.15) is 0 Å². The molecule has 2 unspecified atom stereocenters. The van der Waals surface area contributed by atoms with Gasteiger partial charge in [0.25, 0.3) is 0 Å². The zero-order chi connectivity index (χ0) is 12.6. The minimum Gasteiger partial charge on any atom is -0.383 e. The molecule has 2 atom stereocenters. The molecule has 16 heavy (non-hydrogen) atoms. The van der Waals surface area contributed by atoms with Crippen molar-refractivity contribution in [2.24, 2.45) is 5.92 Å². The average molecular weight is 230 g/mol. The molecule has 0 saturated carbocycles. The van der Waals surface area contributed by atoms with E-state index in [0.29, 0.717) is 12.1 Å². The number of hydrogen-bond acceptors (Lipinski definition) is 3. The minimum atomic E-state index is 0.471. The Balaban J connectivity index is 4.17. The highest BCUT2D eigenvalue weighted by atomic mass is 16.5. The van der Waals surface area contributed by atoms with E-state index < -0.39 is 0 Å². The van der Waals surface area contributed by atoms with Crippen molar-refractivity contribution in [1.29, 1.82) is 0 Å². The summed E-state index contributed by atoms with van der Waals surface area (Å²) in [5, 5.41) is 3.40. The van der Waals surface area contributed by atoms with Crippen molar-refractivity contribution < 1.29 is 4.74 Å². The third kappa shape index (κ3) is 6.46. The predicted molar refractivity (Wildman–Crippen MR) is 70.9 cm³/mol. The molecule has 0 aromatic rings. The van der Waals surface area contributed by atoms with Gasteiger partial charge in [-0.3, -0.25) is 4.90 Å². The van der Waals surface area contributed by atoms with E-state index in [1.807, 2.05) is 0 Å². The Kier molecular flexibility index (Phi) is 8.90. The molecule has 1 N–H and O–H groups in total. The fourth-order valence-electron chi connectivity index (χ4n) is 2.03. The van der Waals surface area contributed by atoms with Crippen LogP contribution in [-0.4, -0.2) is 50.8 Å². The zero-order valence-electron chi connectivity index (χ0n) is 11.9. The van der Waals surface area contributed by atoms with Gasteiger partial charge in [0.2, 0.25) is 0 Å². The molecule has 0 aliphatic heterocycles. The number of nitrogens with zero attached hydrogens (tertiary/aromatic N) is 1. The second-order valence-corrected chi connectivity index (χ2v) is 5.06. The molecule has 0 saturated heterocycles. The molecule has 3 nitrogen and oxygen atoms in total. The van der Waals surface area contributed by atoms with Crippen LogP contribution in [0.15, 0.2) is 0 Å². The fraction of sp³-hybridized carbons (Fsp3) is 1.00. The molecule has 0 aromatic heterocycles. The van der Waals surface area contributed by atoms with Crippen LogP contribution in [0.5, 0.6) is 0 Å². The number of likely N-dealkylation sites (N-methyl/N-ethyl adjacent to an activating group) is 2. The van der Waals surface area contributed by atoms with Crippen molar-refractivity contribution in [1.82, 2.24) is 10.2 Å². The molecule has 0 aliphatic rings. The lowest BCUT2D eigenvalue weighted by Crippen LogP contribution is -2.47. The van der Waals surface area contributed by atoms with E-state index in [1.165, 1.54) is 6.42 Å². The van der Waals surface area contributed by atoms with E-state index >= 15 is 0 Å². The van der Waals surface area contributed by atoms with Crippen molar-refractivity contribution in [2.45, 2.75) is 46.2 Å². The lowest BCUT2D eigenvalue weighted by atomic mass is 10.0. The van der Waals surface area contributed by atoms with Gasteiger partial charge in [0.15, 0.2) is 0 Å². The molecule has 0 amide bonds. The molecule has 0 spiro atoms. The summed E-state index contributed by atoms with van der Waals surface area (Å²) in [4.78, 5) is 2.44. The summed E-state index contributed by atoms with van der Waals surface area (Å²) in [6.07, 6.45) is 1.24. The van der Waals surface area contributed by atoms with E-state index in [-0.39, 0.29) is 0 Å². The number of ether oxygens (including phenoxy) is 1. The minimum absolute atomic E-state index is 0.471. The maximum absolute atomic E-state index is 5.30. The van der Waals surface area contributed by atoms with Crippen molar-refractivity contribution in [3.05, 3.63) is 0 Å². The summed E-state index contributed by atoms with van der Waals surface area (Å²) < 4.78 is 5.30. The van der Waals surface area contributed by atoms with E-state index in [2.05, 4.69) is 45.0 Å². The third-order valence-electron chi connectivity index (χ3n) is 3.07. The van der Waals surface area contributed by atoms with Crippen LogP contribution < -0.4 is 5.32 Å². The standard InChI is InChI=1S/C13H30N2O/c1-7-14-9-13(10-16-6)15(5)12(4)8-11(2)3/h11-14H,7-10H2,1-6H3. The molecule has 0 rings (SSSR count). The van der Waals surface area contributed by atoms with Gasteiger partial charge in [-0.05, 0) is 32.9 Å². The highest BCUT2D eigenvalue weighted by Gasteiger charge is 2.19. The van der Waals surface area contributed by atoms with Crippen molar-refractivity contribution in [3.8, 4) is 0 Å². The first-order chi connectivity index (χ1) is 7.52. The summed E-state index contributed by atoms with van der Waals surface area (Å²) in [6.45, 7) is 11.8. The number of rotatable bonds is 9. The van der Waals surface area contributed by atoms with Gasteiger partial charge in [-0.1, -0.05) is 20.8 Å². The first kappa shape index (κ1) is 15.9. The van der Waals surface area contributed by atoms with Crippen LogP contribution in [0.4, 0.5) is 0 Å². The summed E-state index contributed by atoms with van der Waals surface area (Å²) in [5.41, 5.74) is 0. The Morgan fingerprint density at radius 2 is 1.88 bits per heavy atom. The van der Waals surface area contributed by atoms with Gasteiger partial charge >= 0.3 is 0 Å². The Morgan fingerprint density at radius 3 is 2.31 bits per heavy atom. The van der Waals surface area contributed by atoms with Crippen LogP contribution in [0.1, 0.15) is 34.1 Å². The number of nitrogens with one attached hydrogen (secondary N) is 1. The first-order valence-electron chi connectivity index (χ1n) is 6.44. The summed E-state index contributed by atoms with van der Waals surface area (Å²) in [7, 11) is 3.98. The lowest BCUT2D eigenvalue weighted by Gasteiger charge is -2.33. The van der Waals surface area contributed by atoms with Gasteiger partial charge in [0, 0.05) is 25.7 Å². The van der Waals surface area contributed by atoms with Gasteiger partial charge in [0.05, 0.1) is 6.61 Å². The molecule has 0 radical (unpaired) electrons. The fourth-order valence-corrected chi connectivity index (χ4v) is 2.03. The maximum Gasteiger partial charge on any atom is 0.0630 e. The normalized spacial score (nSPS) is 15.8. The summed E-state index contributed by atoms with van der Waals surface area (Å²) in [5.74, 6) is 0.750. The Hall–Kier alpha value is -0.120. The molecule has 98 valence electrons. The van der Waals surface area contributed by atoms with E-state index in [1.54, 1.807) is 7.11 Å². The molecule has 3 heteroatoms. The predicted octanol–water partition coefficient (Wildman–Crippen LogP) is 1.98. The zero-order valence-corrected chi connectivity index (χ0v) is 11.9. The Labute approximate surface area is 102 Å². The van der Waals surface area contributed by atoms with Crippen LogP contribution >= 0.6 is 0 Å². The first-order valence-corrected chi connectivity index (χ1v) is 6.44. The molecule has 0 heterocycles. The van der Waals surface area contributed by atoms with Crippen molar-refractivity contribution in [2.75, 3.05) is 33.9 Å². The van der Waals surface area contributed by atoms with Crippen LogP contribution in [0.3, 0.4) is 0 Å². The van der Waals surface area contributed by atoms with Gasteiger partial charge in [-0.25, -0.2) is 0 Å². The summed E-state index contributed by atoms with van der Waals surface area (Å²) >= 11 is 0. The number of methoxy groups -OCH3 is 1. The molecule has 0 bridgehead atoms. The van der Waals surface area contributed by atoms with Crippen LogP contribution in [0, 0.1) is 5.92 Å². The van der Waals surface area contributed by atoms with Crippen LogP contribution in [-0.2, 0) is 4.74 Å². The molecule has 0 fully saturated rings. The Morgan fingerprint density at radius 1 is 1.25 bits per heavy atom. The lowest BCUT2D eigenvalue weighted by molar-refractivity contribution is 0.0779. The van der Waals surface area contributed by atoms with Gasteiger partial charge in [-0.15, -0.1) is 0 Å². The van der Waals surface area contributed by atoms with Gasteiger partial charge < -0.3 is 10.1 Å². The topological polar surface area (TPSA) is 24.5 Å². The highest BCUT2D eigenvalue weighted by molar-refractivity contribution is 4.76. The van der Waals surface area contributed by atoms with Crippen molar-refractivity contribution >= 4 is 0 Å². The SMILES string of the molecule is CCNCC(COC)N(C)C(C)CC(C)C. The second-order valence-electron chi connectivity index (χ2n) is 5.06. The smallest absolute Gasteiger partial charge is 0.0630 e. The van der Waals surface area contributed by atoms with Crippen LogP contribution in [0.25, 0.3) is 0 Å². The second kappa shape index (κ2) is 8.97. The van der Waals surface area contributed by atoms with Crippen molar-refractivity contribution in [3.63, 3.8) is 0 Å². The quantitative estimate of drug-likeness (QED) is 0.655.